The lowest BCUT2D eigenvalue weighted by Gasteiger charge is -2.10. The highest BCUT2D eigenvalue weighted by Crippen LogP contribution is 2.29. The zero-order chi connectivity index (χ0) is 10.6. The van der Waals surface area contributed by atoms with E-state index < -0.39 is 0 Å². The molecule has 0 aromatic heterocycles. The molecule has 0 aliphatic carbocycles. The van der Waals surface area contributed by atoms with Gasteiger partial charge in [-0.3, -0.25) is 0 Å². The summed E-state index contributed by atoms with van der Waals surface area (Å²) >= 11 is 0. The Hall–Kier alpha value is -1.48. The van der Waals surface area contributed by atoms with Crippen LogP contribution in [0.3, 0.4) is 0 Å². The molecule has 0 aliphatic heterocycles. The molecule has 0 spiro atoms. The van der Waals surface area contributed by atoms with E-state index >= 15 is 0 Å². The zero-order valence-corrected chi connectivity index (χ0v) is 8.29. The number of phenolic OH excluding ortho intramolecular Hbond substituents is 1. The maximum Gasteiger partial charge on any atom is 0.130 e. The van der Waals surface area contributed by atoms with Crippen LogP contribution in [0.15, 0.2) is 24.8 Å². The van der Waals surface area contributed by atoms with Crippen molar-refractivity contribution in [2.45, 2.75) is 6.42 Å². The quantitative estimate of drug-likeness (QED) is 0.766. The van der Waals surface area contributed by atoms with E-state index in [4.69, 9.17) is 10.5 Å². The van der Waals surface area contributed by atoms with Gasteiger partial charge in [0.05, 0.1) is 7.11 Å². The molecule has 0 atom stereocenters. The van der Waals surface area contributed by atoms with E-state index in [-0.39, 0.29) is 5.75 Å². The molecule has 0 fully saturated rings. The first kappa shape index (κ1) is 10.6. The summed E-state index contributed by atoms with van der Waals surface area (Å²) < 4.78 is 5.13. The van der Waals surface area contributed by atoms with Crippen LogP contribution in [0.25, 0.3) is 5.57 Å². The molecule has 0 bridgehead atoms. The van der Waals surface area contributed by atoms with Gasteiger partial charge in [-0.1, -0.05) is 6.58 Å². The van der Waals surface area contributed by atoms with E-state index in [2.05, 4.69) is 6.58 Å². The standard InChI is InChI=1S/C11H15NO2/c1-8(5-6-12)10-4-3-9(13)7-11(10)14-2/h3-4,7,13H,1,5-6,12H2,2H3. The summed E-state index contributed by atoms with van der Waals surface area (Å²) in [6.45, 7) is 4.47. The van der Waals surface area contributed by atoms with Gasteiger partial charge in [-0.2, -0.15) is 0 Å². The molecule has 1 aromatic rings. The highest BCUT2D eigenvalue weighted by atomic mass is 16.5. The van der Waals surface area contributed by atoms with Crippen LogP contribution in [0.1, 0.15) is 12.0 Å². The molecule has 0 saturated heterocycles. The van der Waals surface area contributed by atoms with Gasteiger partial charge in [-0.05, 0) is 30.7 Å². The second kappa shape index (κ2) is 4.67. The fourth-order valence-corrected chi connectivity index (χ4v) is 1.28. The minimum absolute atomic E-state index is 0.186. The zero-order valence-electron chi connectivity index (χ0n) is 8.29. The second-order valence-electron chi connectivity index (χ2n) is 3.03. The Balaban J connectivity index is 3.01. The third kappa shape index (κ3) is 2.26. The van der Waals surface area contributed by atoms with E-state index in [9.17, 15) is 5.11 Å². The molecule has 14 heavy (non-hydrogen) atoms. The number of benzene rings is 1. The second-order valence-corrected chi connectivity index (χ2v) is 3.03. The van der Waals surface area contributed by atoms with Gasteiger partial charge in [0.2, 0.25) is 0 Å². The van der Waals surface area contributed by atoms with E-state index in [1.807, 2.05) is 0 Å². The lowest BCUT2D eigenvalue weighted by Crippen LogP contribution is -2.00. The highest BCUT2D eigenvalue weighted by molar-refractivity contribution is 5.69. The van der Waals surface area contributed by atoms with Crippen LogP contribution in [0.4, 0.5) is 0 Å². The minimum atomic E-state index is 0.186. The van der Waals surface area contributed by atoms with Gasteiger partial charge in [0.25, 0.3) is 0 Å². The third-order valence-corrected chi connectivity index (χ3v) is 2.01. The van der Waals surface area contributed by atoms with Crippen molar-refractivity contribution in [2.75, 3.05) is 13.7 Å². The fraction of sp³-hybridized carbons (Fsp3) is 0.273. The minimum Gasteiger partial charge on any atom is -0.508 e. The normalized spacial score (nSPS) is 9.86. The van der Waals surface area contributed by atoms with Gasteiger partial charge in [-0.15, -0.1) is 0 Å². The summed E-state index contributed by atoms with van der Waals surface area (Å²) in [5.74, 6) is 0.814. The number of rotatable bonds is 4. The van der Waals surface area contributed by atoms with Gasteiger partial charge in [-0.25, -0.2) is 0 Å². The number of ether oxygens (including phenoxy) is 1. The van der Waals surface area contributed by atoms with E-state index in [1.54, 1.807) is 25.3 Å². The van der Waals surface area contributed by atoms with Crippen molar-refractivity contribution < 1.29 is 9.84 Å². The molecule has 0 amide bonds. The lowest BCUT2D eigenvalue weighted by molar-refractivity contribution is 0.406. The van der Waals surface area contributed by atoms with Gasteiger partial charge in [0.1, 0.15) is 11.5 Å². The predicted molar refractivity (Wildman–Crippen MR) is 57.4 cm³/mol. The van der Waals surface area contributed by atoms with Gasteiger partial charge in [0, 0.05) is 11.6 Å². The topological polar surface area (TPSA) is 55.5 Å². The summed E-state index contributed by atoms with van der Waals surface area (Å²) in [5, 5.41) is 9.25. The average molecular weight is 193 g/mol. The lowest BCUT2D eigenvalue weighted by atomic mass is 10.0. The maximum atomic E-state index is 9.25. The monoisotopic (exact) mass is 193 g/mol. The van der Waals surface area contributed by atoms with Crippen molar-refractivity contribution >= 4 is 5.57 Å². The van der Waals surface area contributed by atoms with E-state index in [0.29, 0.717) is 12.3 Å². The molecule has 3 N–H and O–H groups in total. The molecule has 1 rings (SSSR count). The molecule has 0 saturated carbocycles. The Kier molecular flexibility index (Phi) is 3.54. The van der Waals surface area contributed by atoms with Crippen molar-refractivity contribution in [3.63, 3.8) is 0 Å². The Labute approximate surface area is 83.8 Å². The summed E-state index contributed by atoms with van der Waals surface area (Å²) in [5.41, 5.74) is 7.26. The first-order chi connectivity index (χ1) is 6.69. The van der Waals surface area contributed by atoms with E-state index in [1.165, 1.54) is 0 Å². The SMILES string of the molecule is C=C(CCN)c1ccc(O)cc1OC. The van der Waals surface area contributed by atoms with Crippen molar-refractivity contribution in [3.05, 3.63) is 30.3 Å². The molecular weight excluding hydrogens is 178 g/mol. The number of hydrogen-bond donors (Lipinski definition) is 2. The van der Waals surface area contributed by atoms with Crippen LogP contribution in [0.2, 0.25) is 0 Å². The number of methoxy groups -OCH3 is 1. The maximum absolute atomic E-state index is 9.25. The van der Waals surface area contributed by atoms with Crippen molar-refractivity contribution in [3.8, 4) is 11.5 Å². The summed E-state index contributed by atoms with van der Waals surface area (Å²) in [4.78, 5) is 0. The van der Waals surface area contributed by atoms with Gasteiger partial charge >= 0.3 is 0 Å². The van der Waals surface area contributed by atoms with Crippen LogP contribution in [-0.2, 0) is 0 Å². The Morgan fingerprint density at radius 1 is 1.57 bits per heavy atom. The Bertz CT molecular complexity index is 334. The van der Waals surface area contributed by atoms with Gasteiger partial charge in [0.15, 0.2) is 0 Å². The van der Waals surface area contributed by atoms with E-state index in [0.717, 1.165) is 17.6 Å². The molecular formula is C11H15NO2. The number of phenols is 1. The fourth-order valence-electron chi connectivity index (χ4n) is 1.28. The molecule has 3 heteroatoms. The van der Waals surface area contributed by atoms with Crippen LogP contribution in [-0.4, -0.2) is 18.8 Å². The van der Waals surface area contributed by atoms with Crippen molar-refractivity contribution in [1.29, 1.82) is 0 Å². The molecule has 0 radical (unpaired) electrons. The highest BCUT2D eigenvalue weighted by Gasteiger charge is 2.06. The number of hydrogen-bond acceptors (Lipinski definition) is 3. The molecule has 1 aromatic carbocycles. The molecule has 3 nitrogen and oxygen atoms in total. The Morgan fingerprint density at radius 2 is 2.29 bits per heavy atom. The van der Waals surface area contributed by atoms with Crippen molar-refractivity contribution in [1.82, 2.24) is 0 Å². The molecule has 0 unspecified atom stereocenters. The Morgan fingerprint density at radius 3 is 2.86 bits per heavy atom. The van der Waals surface area contributed by atoms with Crippen LogP contribution < -0.4 is 10.5 Å². The molecule has 0 heterocycles. The molecule has 0 aliphatic rings. The summed E-state index contributed by atoms with van der Waals surface area (Å²) in [6, 6.07) is 4.96. The smallest absolute Gasteiger partial charge is 0.130 e. The molecule has 76 valence electrons. The first-order valence-corrected chi connectivity index (χ1v) is 4.44. The van der Waals surface area contributed by atoms with Crippen LogP contribution in [0, 0.1) is 0 Å². The van der Waals surface area contributed by atoms with Crippen LogP contribution >= 0.6 is 0 Å². The number of nitrogens with two attached hydrogens (primary N) is 1. The van der Waals surface area contributed by atoms with Crippen LogP contribution in [0.5, 0.6) is 11.5 Å². The predicted octanol–water partition coefficient (Wildman–Crippen LogP) is 1.76. The average Bonchev–Trinajstić information content (AvgIpc) is 2.17. The number of aromatic hydroxyl groups is 1. The van der Waals surface area contributed by atoms with Gasteiger partial charge < -0.3 is 15.6 Å². The largest absolute Gasteiger partial charge is 0.508 e. The third-order valence-electron chi connectivity index (χ3n) is 2.01. The first-order valence-electron chi connectivity index (χ1n) is 4.44. The van der Waals surface area contributed by atoms with Crippen molar-refractivity contribution in [2.24, 2.45) is 5.73 Å². The summed E-state index contributed by atoms with van der Waals surface area (Å²) in [7, 11) is 1.56. The summed E-state index contributed by atoms with van der Waals surface area (Å²) in [6.07, 6.45) is 0.723.